The van der Waals surface area contributed by atoms with Crippen LogP contribution in [0.4, 0.5) is 4.39 Å². The van der Waals surface area contributed by atoms with Crippen molar-refractivity contribution in [1.82, 2.24) is 19.9 Å². The van der Waals surface area contributed by atoms with Crippen LogP contribution in [0.15, 0.2) is 61.1 Å². The van der Waals surface area contributed by atoms with Crippen molar-refractivity contribution >= 4 is 11.4 Å². The number of carbonyl (C=O) groups is 1. The van der Waals surface area contributed by atoms with Crippen LogP contribution in [0.25, 0.3) is 27.9 Å². The highest BCUT2D eigenvalue weighted by atomic mass is 19.1. The number of benzene rings is 1. The van der Waals surface area contributed by atoms with Crippen LogP contribution in [0.5, 0.6) is 0 Å². The van der Waals surface area contributed by atoms with Gasteiger partial charge in [-0.05, 0) is 54.4 Å². The number of carbonyl (C=O) groups excluding carboxylic acids is 1. The number of aliphatic hydroxyl groups is 1. The Morgan fingerprint density at radius 2 is 2.07 bits per heavy atom. The third-order valence-electron chi connectivity index (χ3n) is 4.71. The van der Waals surface area contributed by atoms with Gasteiger partial charge in [0.1, 0.15) is 5.82 Å². The van der Waals surface area contributed by atoms with Gasteiger partial charge < -0.3 is 10.4 Å². The van der Waals surface area contributed by atoms with Gasteiger partial charge in [-0.3, -0.25) is 9.78 Å². The van der Waals surface area contributed by atoms with Crippen molar-refractivity contribution in [2.24, 2.45) is 0 Å². The van der Waals surface area contributed by atoms with E-state index in [0.29, 0.717) is 16.6 Å². The molecular weight excluding hydrogens is 371 g/mol. The Morgan fingerprint density at radius 3 is 2.86 bits per heavy atom. The van der Waals surface area contributed by atoms with Gasteiger partial charge in [-0.15, -0.1) is 0 Å². The maximum Gasteiger partial charge on any atom is 0.255 e. The summed E-state index contributed by atoms with van der Waals surface area (Å²) >= 11 is 0. The van der Waals surface area contributed by atoms with E-state index in [2.05, 4.69) is 15.4 Å². The quantitative estimate of drug-likeness (QED) is 0.548. The summed E-state index contributed by atoms with van der Waals surface area (Å²) in [6.45, 7) is 1.76. The lowest BCUT2D eigenvalue weighted by Crippen LogP contribution is -2.26. The molecule has 3 heterocycles. The largest absolute Gasteiger partial charge is 0.395 e. The zero-order valence-electron chi connectivity index (χ0n) is 15.8. The lowest BCUT2D eigenvalue weighted by molar-refractivity contribution is 0.0946. The van der Waals surface area contributed by atoms with Gasteiger partial charge in [-0.2, -0.15) is 5.10 Å². The summed E-state index contributed by atoms with van der Waals surface area (Å²) in [5, 5.41) is 15.8. The number of pyridine rings is 2. The predicted molar refractivity (Wildman–Crippen MR) is 108 cm³/mol. The minimum atomic E-state index is -0.299. The Bertz CT molecular complexity index is 1200. The summed E-state index contributed by atoms with van der Waals surface area (Å²) in [5.41, 5.74) is 4.88. The Hall–Kier alpha value is -3.58. The average Bonchev–Trinajstić information content (AvgIpc) is 3.17. The molecule has 0 unspecified atom stereocenters. The fraction of sp³-hybridized carbons (Fsp3) is 0.136. The molecule has 4 aromatic rings. The van der Waals surface area contributed by atoms with Crippen molar-refractivity contribution in [3.8, 4) is 22.4 Å². The van der Waals surface area contributed by atoms with Crippen LogP contribution in [0.3, 0.4) is 0 Å². The normalized spacial score (nSPS) is 11.0. The second kappa shape index (κ2) is 7.81. The summed E-state index contributed by atoms with van der Waals surface area (Å²) < 4.78 is 15.3. The number of aliphatic hydroxyl groups excluding tert-OH is 1. The number of aryl methyl sites for hydroxylation is 1. The molecule has 7 heteroatoms. The number of aromatic nitrogens is 3. The SMILES string of the molecule is Cc1cc(-c2ncccc2-c2ccn3ncc(C(=O)NCCO)c3c2)ccc1F. The molecule has 0 aliphatic rings. The van der Waals surface area contributed by atoms with Crippen LogP contribution in [0, 0.1) is 12.7 Å². The third kappa shape index (κ3) is 3.60. The van der Waals surface area contributed by atoms with E-state index in [9.17, 15) is 9.18 Å². The van der Waals surface area contributed by atoms with Crippen molar-refractivity contribution in [1.29, 1.82) is 0 Å². The topological polar surface area (TPSA) is 79.5 Å². The fourth-order valence-electron chi connectivity index (χ4n) is 3.25. The monoisotopic (exact) mass is 390 g/mol. The van der Waals surface area contributed by atoms with E-state index in [-0.39, 0.29) is 24.9 Å². The summed E-state index contributed by atoms with van der Waals surface area (Å²) in [4.78, 5) is 16.9. The second-order valence-electron chi connectivity index (χ2n) is 6.65. The van der Waals surface area contributed by atoms with Crippen molar-refractivity contribution in [3.63, 3.8) is 0 Å². The van der Waals surface area contributed by atoms with Gasteiger partial charge in [0.25, 0.3) is 5.91 Å². The van der Waals surface area contributed by atoms with E-state index in [4.69, 9.17) is 5.11 Å². The first-order valence-electron chi connectivity index (χ1n) is 9.17. The molecule has 0 radical (unpaired) electrons. The highest BCUT2D eigenvalue weighted by Crippen LogP contribution is 2.32. The lowest BCUT2D eigenvalue weighted by atomic mass is 9.98. The van der Waals surface area contributed by atoms with Crippen LogP contribution < -0.4 is 5.32 Å². The number of rotatable bonds is 5. The number of hydrogen-bond donors (Lipinski definition) is 2. The van der Waals surface area contributed by atoms with E-state index in [1.54, 1.807) is 36.0 Å². The molecule has 0 atom stereocenters. The van der Waals surface area contributed by atoms with Gasteiger partial charge >= 0.3 is 0 Å². The van der Waals surface area contributed by atoms with Gasteiger partial charge in [0.15, 0.2) is 0 Å². The summed E-state index contributed by atoms with van der Waals surface area (Å²) in [6, 6.07) is 12.5. The van der Waals surface area contributed by atoms with Crippen molar-refractivity contribution in [2.75, 3.05) is 13.2 Å². The number of nitrogens with zero attached hydrogens (tertiary/aromatic N) is 3. The molecule has 4 rings (SSSR count). The van der Waals surface area contributed by atoms with Crippen LogP contribution in [0.1, 0.15) is 15.9 Å². The maximum atomic E-state index is 13.7. The summed E-state index contributed by atoms with van der Waals surface area (Å²) in [6.07, 6.45) is 4.97. The molecule has 29 heavy (non-hydrogen) atoms. The zero-order valence-corrected chi connectivity index (χ0v) is 15.8. The first-order chi connectivity index (χ1) is 14.1. The van der Waals surface area contributed by atoms with Crippen molar-refractivity contribution < 1.29 is 14.3 Å². The van der Waals surface area contributed by atoms with Gasteiger partial charge in [-0.25, -0.2) is 8.91 Å². The number of nitrogens with one attached hydrogen (secondary N) is 1. The zero-order chi connectivity index (χ0) is 20.4. The molecule has 1 aromatic carbocycles. The molecule has 0 fully saturated rings. The highest BCUT2D eigenvalue weighted by Gasteiger charge is 2.15. The highest BCUT2D eigenvalue weighted by molar-refractivity contribution is 6.01. The third-order valence-corrected chi connectivity index (χ3v) is 4.71. The average molecular weight is 390 g/mol. The van der Waals surface area contributed by atoms with Gasteiger partial charge in [-0.1, -0.05) is 6.07 Å². The van der Waals surface area contributed by atoms with Crippen molar-refractivity contribution in [3.05, 3.63) is 78.0 Å². The van der Waals surface area contributed by atoms with E-state index in [0.717, 1.165) is 22.4 Å². The minimum absolute atomic E-state index is 0.133. The number of halogens is 1. The molecule has 0 aliphatic carbocycles. The van der Waals surface area contributed by atoms with Crippen LogP contribution >= 0.6 is 0 Å². The molecule has 0 saturated heterocycles. The molecule has 1 amide bonds. The van der Waals surface area contributed by atoms with Crippen molar-refractivity contribution in [2.45, 2.75) is 6.92 Å². The van der Waals surface area contributed by atoms with Gasteiger partial charge in [0.05, 0.1) is 29.6 Å². The van der Waals surface area contributed by atoms with Gasteiger partial charge in [0, 0.05) is 30.1 Å². The first-order valence-corrected chi connectivity index (χ1v) is 9.17. The first kappa shape index (κ1) is 18.8. The number of fused-ring (bicyclic) bond motifs is 1. The maximum absolute atomic E-state index is 13.7. The van der Waals surface area contributed by atoms with E-state index >= 15 is 0 Å². The molecule has 6 nitrogen and oxygen atoms in total. The molecule has 0 aliphatic heterocycles. The predicted octanol–water partition coefficient (Wildman–Crippen LogP) is 3.23. The molecule has 3 aromatic heterocycles. The van der Waals surface area contributed by atoms with Crippen LogP contribution in [-0.4, -0.2) is 38.8 Å². The standard InChI is InChI=1S/C22H19FN4O2/c1-14-11-16(4-5-19(14)23)21-17(3-2-7-24-21)15-6-9-27-20(12-15)18(13-26-27)22(29)25-8-10-28/h2-7,9,11-13,28H,8,10H2,1H3,(H,25,29). The summed E-state index contributed by atoms with van der Waals surface area (Å²) in [5.74, 6) is -0.558. The van der Waals surface area contributed by atoms with E-state index in [1.807, 2.05) is 24.3 Å². The Balaban J connectivity index is 1.81. The van der Waals surface area contributed by atoms with Gasteiger partial charge in [0.2, 0.25) is 0 Å². The van der Waals surface area contributed by atoms with E-state index in [1.165, 1.54) is 12.3 Å². The Morgan fingerprint density at radius 1 is 1.21 bits per heavy atom. The second-order valence-corrected chi connectivity index (χ2v) is 6.65. The Labute approximate surface area is 166 Å². The molecule has 0 saturated carbocycles. The molecular formula is C22H19FN4O2. The lowest BCUT2D eigenvalue weighted by Gasteiger charge is -2.11. The molecule has 0 spiro atoms. The fourth-order valence-corrected chi connectivity index (χ4v) is 3.25. The number of amides is 1. The molecule has 0 bridgehead atoms. The minimum Gasteiger partial charge on any atom is -0.395 e. The van der Waals surface area contributed by atoms with Crippen LogP contribution in [-0.2, 0) is 0 Å². The van der Waals surface area contributed by atoms with E-state index < -0.39 is 0 Å². The van der Waals surface area contributed by atoms with Crippen LogP contribution in [0.2, 0.25) is 0 Å². The summed E-state index contributed by atoms with van der Waals surface area (Å²) in [7, 11) is 0. The molecule has 2 N–H and O–H groups in total. The number of hydrogen-bond acceptors (Lipinski definition) is 4. The molecule has 146 valence electrons. The Kier molecular flexibility index (Phi) is 5.05. The smallest absolute Gasteiger partial charge is 0.255 e.